The van der Waals surface area contributed by atoms with Crippen molar-refractivity contribution in [3.8, 4) is 0 Å². The Labute approximate surface area is 81.4 Å². The highest BCUT2D eigenvalue weighted by Crippen LogP contribution is 2.22. The molecular weight excluding hydrogens is 186 g/mol. The maximum Gasteiger partial charge on any atom is 0.261 e. The predicted octanol–water partition coefficient (Wildman–Crippen LogP) is 1.55. The van der Waals surface area contributed by atoms with Gasteiger partial charge in [0.1, 0.15) is 0 Å². The first-order valence-corrected chi connectivity index (χ1v) is 5.08. The standard InChI is InChI=1S/C9H13NO2S/c1-3-10-9(12)8-7(6(2)11)4-5-13-8/h4-6,11H,3H2,1-2H3,(H,10,12). The van der Waals surface area contributed by atoms with Crippen molar-refractivity contribution in [3.63, 3.8) is 0 Å². The molecule has 1 aromatic rings. The number of carbonyl (C=O) groups is 1. The smallest absolute Gasteiger partial charge is 0.261 e. The normalized spacial score (nSPS) is 12.5. The Morgan fingerprint density at radius 2 is 2.46 bits per heavy atom. The Bertz CT molecular complexity index is 294. The van der Waals surface area contributed by atoms with Crippen LogP contribution in [0.3, 0.4) is 0 Å². The van der Waals surface area contributed by atoms with Crippen LogP contribution in [0, 0.1) is 0 Å². The lowest BCUT2D eigenvalue weighted by molar-refractivity contribution is 0.0954. The van der Waals surface area contributed by atoms with E-state index in [1.807, 2.05) is 12.3 Å². The number of nitrogens with one attached hydrogen (secondary N) is 1. The fraction of sp³-hybridized carbons (Fsp3) is 0.444. The molecule has 2 N–H and O–H groups in total. The highest BCUT2D eigenvalue weighted by atomic mass is 32.1. The van der Waals surface area contributed by atoms with E-state index in [0.717, 1.165) is 0 Å². The van der Waals surface area contributed by atoms with Gasteiger partial charge in [-0.15, -0.1) is 11.3 Å². The topological polar surface area (TPSA) is 49.3 Å². The van der Waals surface area contributed by atoms with Crippen molar-refractivity contribution in [1.82, 2.24) is 5.32 Å². The van der Waals surface area contributed by atoms with Crippen LogP contribution in [-0.2, 0) is 0 Å². The zero-order chi connectivity index (χ0) is 9.84. The summed E-state index contributed by atoms with van der Waals surface area (Å²) in [5.74, 6) is -0.103. The first-order chi connectivity index (χ1) is 6.16. The summed E-state index contributed by atoms with van der Waals surface area (Å²) >= 11 is 1.35. The third-order valence-corrected chi connectivity index (χ3v) is 2.62. The number of aliphatic hydroxyl groups is 1. The fourth-order valence-electron chi connectivity index (χ4n) is 1.07. The third-order valence-electron chi connectivity index (χ3n) is 1.69. The average molecular weight is 199 g/mol. The number of amides is 1. The third kappa shape index (κ3) is 2.29. The van der Waals surface area contributed by atoms with Crippen molar-refractivity contribution in [2.45, 2.75) is 20.0 Å². The highest BCUT2D eigenvalue weighted by Gasteiger charge is 2.14. The van der Waals surface area contributed by atoms with Crippen LogP contribution in [0.15, 0.2) is 11.4 Å². The molecule has 0 saturated heterocycles. The van der Waals surface area contributed by atoms with Crippen LogP contribution in [0.4, 0.5) is 0 Å². The second-order valence-electron chi connectivity index (χ2n) is 2.74. The molecule has 1 atom stereocenters. The van der Waals surface area contributed by atoms with Gasteiger partial charge in [-0.1, -0.05) is 0 Å². The van der Waals surface area contributed by atoms with Gasteiger partial charge in [0.05, 0.1) is 11.0 Å². The van der Waals surface area contributed by atoms with E-state index in [4.69, 9.17) is 0 Å². The van der Waals surface area contributed by atoms with Crippen molar-refractivity contribution in [2.24, 2.45) is 0 Å². The molecule has 1 unspecified atom stereocenters. The van der Waals surface area contributed by atoms with Gasteiger partial charge in [-0.25, -0.2) is 0 Å². The molecule has 0 saturated carbocycles. The molecule has 0 aliphatic heterocycles. The van der Waals surface area contributed by atoms with Gasteiger partial charge in [0.15, 0.2) is 0 Å². The van der Waals surface area contributed by atoms with E-state index in [0.29, 0.717) is 17.0 Å². The average Bonchev–Trinajstić information content (AvgIpc) is 2.52. The van der Waals surface area contributed by atoms with E-state index < -0.39 is 6.10 Å². The molecule has 0 aromatic carbocycles. The minimum absolute atomic E-state index is 0.103. The van der Waals surface area contributed by atoms with Gasteiger partial charge in [0.2, 0.25) is 0 Å². The number of aliphatic hydroxyl groups excluding tert-OH is 1. The lowest BCUT2D eigenvalue weighted by Gasteiger charge is -2.05. The van der Waals surface area contributed by atoms with Gasteiger partial charge in [-0.05, 0) is 25.3 Å². The molecule has 13 heavy (non-hydrogen) atoms. The summed E-state index contributed by atoms with van der Waals surface area (Å²) in [4.78, 5) is 12.0. The van der Waals surface area contributed by atoms with Gasteiger partial charge in [0.25, 0.3) is 5.91 Å². The molecule has 0 fully saturated rings. The van der Waals surface area contributed by atoms with E-state index in [9.17, 15) is 9.90 Å². The van der Waals surface area contributed by atoms with Crippen LogP contribution in [0.5, 0.6) is 0 Å². The van der Waals surface area contributed by atoms with Gasteiger partial charge in [0, 0.05) is 12.1 Å². The molecule has 1 rings (SSSR count). The molecule has 3 nitrogen and oxygen atoms in total. The molecule has 72 valence electrons. The van der Waals surface area contributed by atoms with Crippen LogP contribution in [0.25, 0.3) is 0 Å². The number of hydrogen-bond acceptors (Lipinski definition) is 3. The molecule has 0 bridgehead atoms. The van der Waals surface area contributed by atoms with Gasteiger partial charge in [-0.2, -0.15) is 0 Å². The second-order valence-corrected chi connectivity index (χ2v) is 3.66. The van der Waals surface area contributed by atoms with Crippen molar-refractivity contribution >= 4 is 17.2 Å². The predicted molar refractivity (Wildman–Crippen MR) is 53.0 cm³/mol. The lowest BCUT2D eigenvalue weighted by atomic mass is 10.1. The summed E-state index contributed by atoms with van der Waals surface area (Å²) in [5, 5.41) is 13.9. The largest absolute Gasteiger partial charge is 0.389 e. The Kier molecular flexibility index (Phi) is 3.45. The molecular formula is C9H13NO2S. The van der Waals surface area contributed by atoms with E-state index in [1.165, 1.54) is 11.3 Å². The van der Waals surface area contributed by atoms with Gasteiger partial charge in [-0.3, -0.25) is 4.79 Å². The van der Waals surface area contributed by atoms with Crippen LogP contribution in [-0.4, -0.2) is 17.6 Å². The Hall–Kier alpha value is -0.870. The first kappa shape index (κ1) is 10.2. The highest BCUT2D eigenvalue weighted by molar-refractivity contribution is 7.12. The first-order valence-electron chi connectivity index (χ1n) is 4.20. The number of carbonyl (C=O) groups excluding carboxylic acids is 1. The van der Waals surface area contributed by atoms with Crippen molar-refractivity contribution in [1.29, 1.82) is 0 Å². The molecule has 0 radical (unpaired) electrons. The monoisotopic (exact) mass is 199 g/mol. The summed E-state index contributed by atoms with van der Waals surface area (Å²) < 4.78 is 0. The van der Waals surface area contributed by atoms with E-state index in [2.05, 4.69) is 5.32 Å². The number of thiophene rings is 1. The van der Waals surface area contributed by atoms with Crippen LogP contribution < -0.4 is 5.32 Å². The zero-order valence-electron chi connectivity index (χ0n) is 7.70. The maximum atomic E-state index is 11.4. The van der Waals surface area contributed by atoms with E-state index >= 15 is 0 Å². The molecule has 0 spiro atoms. The Balaban J connectivity index is 2.87. The molecule has 4 heteroatoms. The molecule has 1 aromatic heterocycles. The van der Waals surface area contributed by atoms with Crippen molar-refractivity contribution < 1.29 is 9.90 Å². The molecule has 1 heterocycles. The number of rotatable bonds is 3. The SMILES string of the molecule is CCNC(=O)c1sccc1C(C)O. The van der Waals surface area contributed by atoms with Gasteiger partial charge >= 0.3 is 0 Å². The summed E-state index contributed by atoms with van der Waals surface area (Å²) in [6.07, 6.45) is -0.580. The zero-order valence-corrected chi connectivity index (χ0v) is 8.52. The summed E-state index contributed by atoms with van der Waals surface area (Å²) in [6.45, 7) is 4.13. The fourth-order valence-corrected chi connectivity index (χ4v) is 1.98. The van der Waals surface area contributed by atoms with Crippen LogP contribution in [0.2, 0.25) is 0 Å². The van der Waals surface area contributed by atoms with Crippen molar-refractivity contribution in [3.05, 3.63) is 21.9 Å². The van der Waals surface area contributed by atoms with Gasteiger partial charge < -0.3 is 10.4 Å². The minimum atomic E-state index is -0.580. The van der Waals surface area contributed by atoms with Crippen LogP contribution in [0.1, 0.15) is 35.2 Å². The summed E-state index contributed by atoms with van der Waals surface area (Å²) in [7, 11) is 0. The Morgan fingerprint density at radius 1 is 1.77 bits per heavy atom. The molecule has 0 aliphatic rings. The second kappa shape index (κ2) is 4.39. The Morgan fingerprint density at radius 3 is 3.00 bits per heavy atom. The van der Waals surface area contributed by atoms with E-state index in [1.54, 1.807) is 13.0 Å². The number of hydrogen-bond donors (Lipinski definition) is 2. The summed E-state index contributed by atoms with van der Waals surface area (Å²) in [5.41, 5.74) is 0.705. The maximum absolute atomic E-state index is 11.4. The quantitative estimate of drug-likeness (QED) is 0.776. The van der Waals surface area contributed by atoms with E-state index in [-0.39, 0.29) is 5.91 Å². The summed E-state index contributed by atoms with van der Waals surface area (Å²) in [6, 6.07) is 1.78. The lowest BCUT2D eigenvalue weighted by Crippen LogP contribution is -2.22. The molecule has 1 amide bonds. The minimum Gasteiger partial charge on any atom is -0.389 e. The van der Waals surface area contributed by atoms with Crippen molar-refractivity contribution in [2.75, 3.05) is 6.54 Å². The molecule has 0 aliphatic carbocycles. The van der Waals surface area contributed by atoms with Crippen LogP contribution >= 0.6 is 11.3 Å².